The van der Waals surface area contributed by atoms with E-state index in [4.69, 9.17) is 9.47 Å². The molecular formula is C23H26BrN3O3. The zero-order valence-electron chi connectivity index (χ0n) is 17.7. The normalized spacial score (nSPS) is 12.4. The molecule has 0 unspecified atom stereocenters. The number of fused-ring (bicyclic) bond motifs is 1. The maximum atomic E-state index is 13.1. The lowest BCUT2D eigenvalue weighted by molar-refractivity contribution is 0.207. The highest BCUT2D eigenvalue weighted by atomic mass is 79.9. The zero-order valence-corrected chi connectivity index (χ0v) is 19.3. The number of hydrogen-bond donors (Lipinski definition) is 0. The monoisotopic (exact) mass is 471 g/mol. The van der Waals surface area contributed by atoms with Gasteiger partial charge in [-0.2, -0.15) is 9.78 Å². The van der Waals surface area contributed by atoms with E-state index in [2.05, 4.69) is 32.9 Å². The van der Waals surface area contributed by atoms with Gasteiger partial charge < -0.3 is 9.47 Å². The van der Waals surface area contributed by atoms with Crippen LogP contribution >= 0.6 is 15.9 Å². The van der Waals surface area contributed by atoms with Crippen LogP contribution in [0.2, 0.25) is 0 Å². The quantitative estimate of drug-likeness (QED) is 0.424. The van der Waals surface area contributed by atoms with E-state index in [1.807, 2.05) is 44.2 Å². The van der Waals surface area contributed by atoms with Gasteiger partial charge in [0.25, 0.3) is 5.56 Å². The van der Waals surface area contributed by atoms with Crippen molar-refractivity contribution in [3.63, 3.8) is 0 Å². The number of halogens is 1. The van der Waals surface area contributed by atoms with Crippen molar-refractivity contribution < 1.29 is 9.47 Å². The van der Waals surface area contributed by atoms with E-state index >= 15 is 0 Å². The molecule has 0 amide bonds. The van der Waals surface area contributed by atoms with Gasteiger partial charge in [-0.1, -0.05) is 29.8 Å². The smallest absolute Gasteiger partial charge is 0.282 e. The number of aromatic nitrogens is 2. The van der Waals surface area contributed by atoms with Crippen molar-refractivity contribution in [1.29, 1.82) is 0 Å². The molecule has 1 aromatic heterocycles. The Kier molecular flexibility index (Phi) is 7.26. The second-order valence-corrected chi connectivity index (χ2v) is 7.96. The van der Waals surface area contributed by atoms with Crippen molar-refractivity contribution in [1.82, 2.24) is 9.66 Å². The van der Waals surface area contributed by atoms with Gasteiger partial charge in [0.1, 0.15) is 5.82 Å². The molecule has 1 heterocycles. The molecular weight excluding hydrogens is 446 g/mol. The maximum Gasteiger partial charge on any atom is 0.282 e. The molecule has 2 aromatic carbocycles. The molecule has 6 nitrogen and oxygen atoms in total. The molecule has 0 N–H and O–H groups in total. The molecule has 0 aliphatic carbocycles. The van der Waals surface area contributed by atoms with Gasteiger partial charge in [-0.25, -0.2) is 4.98 Å². The van der Waals surface area contributed by atoms with E-state index in [9.17, 15) is 4.79 Å². The van der Waals surface area contributed by atoms with Crippen LogP contribution in [0.1, 0.15) is 45.0 Å². The molecule has 30 heavy (non-hydrogen) atoms. The first-order chi connectivity index (χ1) is 14.5. The highest BCUT2D eigenvalue weighted by Crippen LogP contribution is 2.29. The van der Waals surface area contributed by atoms with Crippen molar-refractivity contribution in [2.45, 2.75) is 46.1 Å². The molecule has 158 valence electrons. The molecule has 7 heteroatoms. The zero-order chi connectivity index (χ0) is 21.7. The van der Waals surface area contributed by atoms with Crippen molar-refractivity contribution in [2.24, 2.45) is 5.10 Å². The Bertz CT molecular complexity index is 1120. The van der Waals surface area contributed by atoms with Crippen LogP contribution < -0.4 is 15.0 Å². The minimum absolute atomic E-state index is 0.0941. The number of nitrogens with zero attached hydrogens (tertiary/aromatic N) is 3. The van der Waals surface area contributed by atoms with E-state index in [0.29, 0.717) is 34.6 Å². The summed E-state index contributed by atoms with van der Waals surface area (Å²) >= 11 is 3.42. The Morgan fingerprint density at radius 3 is 2.70 bits per heavy atom. The Morgan fingerprint density at radius 1 is 1.20 bits per heavy atom. The first kappa shape index (κ1) is 22.0. The van der Waals surface area contributed by atoms with E-state index in [1.54, 1.807) is 19.4 Å². The molecule has 0 aliphatic rings. The van der Waals surface area contributed by atoms with Gasteiger partial charge in [0.05, 0.1) is 30.3 Å². The summed E-state index contributed by atoms with van der Waals surface area (Å²) in [6.07, 6.45) is 4.15. The van der Waals surface area contributed by atoms with Crippen molar-refractivity contribution in [2.75, 3.05) is 7.11 Å². The summed E-state index contributed by atoms with van der Waals surface area (Å²) in [5.74, 6) is 1.95. The minimum Gasteiger partial charge on any atom is -0.493 e. The van der Waals surface area contributed by atoms with E-state index in [1.165, 1.54) is 4.68 Å². The second kappa shape index (κ2) is 9.89. The number of benzene rings is 2. The lowest BCUT2D eigenvalue weighted by Gasteiger charge is -2.15. The van der Waals surface area contributed by atoms with Crippen molar-refractivity contribution >= 4 is 33.0 Å². The third kappa shape index (κ3) is 4.90. The fourth-order valence-corrected chi connectivity index (χ4v) is 3.35. The highest BCUT2D eigenvalue weighted by molar-refractivity contribution is 9.10. The first-order valence-electron chi connectivity index (χ1n) is 10.1. The maximum absolute atomic E-state index is 13.1. The standard InChI is InChI=1S/C23H26BrN3O3/c1-5-7-22-26-19-10-9-17(24)13-18(19)23(28)27(22)25-14-16-8-11-20(21(12-16)29-4)30-15(3)6-2/h8-15H,5-7H2,1-4H3/t15-/m0/s1. The Hall–Kier alpha value is -2.67. The molecule has 0 bridgehead atoms. The SMILES string of the molecule is CCCc1nc2ccc(Br)cc2c(=O)n1N=Cc1ccc(O[C@@H](C)CC)c(OC)c1. The predicted molar refractivity (Wildman–Crippen MR) is 124 cm³/mol. The number of methoxy groups -OCH3 is 1. The lowest BCUT2D eigenvalue weighted by Crippen LogP contribution is -2.22. The molecule has 0 saturated heterocycles. The second-order valence-electron chi connectivity index (χ2n) is 7.05. The molecule has 0 aliphatic heterocycles. The fourth-order valence-electron chi connectivity index (χ4n) is 2.99. The van der Waals surface area contributed by atoms with E-state index in [0.717, 1.165) is 22.9 Å². The third-order valence-corrected chi connectivity index (χ3v) is 5.26. The molecule has 3 aromatic rings. The summed E-state index contributed by atoms with van der Waals surface area (Å²) in [7, 11) is 1.61. The van der Waals surface area contributed by atoms with Crippen LogP contribution in [0.25, 0.3) is 10.9 Å². The highest BCUT2D eigenvalue weighted by Gasteiger charge is 2.11. The largest absolute Gasteiger partial charge is 0.493 e. The van der Waals surface area contributed by atoms with E-state index in [-0.39, 0.29) is 11.7 Å². The summed E-state index contributed by atoms with van der Waals surface area (Å²) in [6, 6.07) is 11.1. The number of hydrogen-bond acceptors (Lipinski definition) is 5. The Morgan fingerprint density at radius 2 is 2.00 bits per heavy atom. The van der Waals surface area contributed by atoms with Crippen LogP contribution in [-0.2, 0) is 6.42 Å². The average Bonchev–Trinajstić information content (AvgIpc) is 2.75. The predicted octanol–water partition coefficient (Wildman–Crippen LogP) is 5.18. The Balaban J connectivity index is 2.01. The molecule has 0 spiro atoms. The lowest BCUT2D eigenvalue weighted by atomic mass is 10.2. The summed E-state index contributed by atoms with van der Waals surface area (Å²) in [6.45, 7) is 6.13. The molecule has 0 saturated carbocycles. The van der Waals surface area contributed by atoms with Crippen LogP contribution in [-0.4, -0.2) is 29.1 Å². The molecule has 0 radical (unpaired) electrons. The van der Waals surface area contributed by atoms with Crippen LogP contribution in [0.15, 0.2) is 50.8 Å². The van der Waals surface area contributed by atoms with Gasteiger partial charge in [0, 0.05) is 10.9 Å². The average molecular weight is 472 g/mol. The summed E-state index contributed by atoms with van der Waals surface area (Å²) < 4.78 is 13.6. The molecule has 3 rings (SSSR count). The van der Waals surface area contributed by atoms with Crippen LogP contribution in [0.5, 0.6) is 11.5 Å². The summed E-state index contributed by atoms with van der Waals surface area (Å²) in [5, 5.41) is 4.99. The van der Waals surface area contributed by atoms with Crippen molar-refractivity contribution in [3.05, 3.63) is 62.6 Å². The van der Waals surface area contributed by atoms with Crippen LogP contribution in [0.3, 0.4) is 0 Å². The van der Waals surface area contributed by atoms with Gasteiger partial charge in [0.15, 0.2) is 11.5 Å². The topological polar surface area (TPSA) is 65.7 Å². The van der Waals surface area contributed by atoms with Gasteiger partial charge in [-0.05, 0) is 61.7 Å². The van der Waals surface area contributed by atoms with Gasteiger partial charge in [-0.15, -0.1) is 0 Å². The number of rotatable bonds is 8. The first-order valence-corrected chi connectivity index (χ1v) is 10.9. The summed E-state index contributed by atoms with van der Waals surface area (Å²) in [4.78, 5) is 17.7. The minimum atomic E-state index is -0.190. The van der Waals surface area contributed by atoms with Gasteiger partial charge in [0.2, 0.25) is 0 Å². The van der Waals surface area contributed by atoms with Gasteiger partial charge >= 0.3 is 0 Å². The summed E-state index contributed by atoms with van der Waals surface area (Å²) in [5.41, 5.74) is 1.28. The number of aryl methyl sites for hydroxylation is 1. The van der Waals surface area contributed by atoms with Crippen molar-refractivity contribution in [3.8, 4) is 11.5 Å². The van der Waals surface area contributed by atoms with Crippen LogP contribution in [0.4, 0.5) is 0 Å². The van der Waals surface area contributed by atoms with Gasteiger partial charge in [-0.3, -0.25) is 4.79 Å². The molecule has 0 fully saturated rings. The molecule has 1 atom stereocenters. The third-order valence-electron chi connectivity index (χ3n) is 4.76. The Labute approximate surface area is 184 Å². The fraction of sp³-hybridized carbons (Fsp3) is 0.348. The number of ether oxygens (including phenoxy) is 2. The van der Waals surface area contributed by atoms with E-state index < -0.39 is 0 Å². The van der Waals surface area contributed by atoms with Crippen LogP contribution in [0, 0.1) is 0 Å².